The molecule has 40 atom stereocenters. The van der Waals surface area contributed by atoms with Gasteiger partial charge in [-0.05, 0) is 0 Å². The minimum absolute atomic E-state index is 0. The van der Waals surface area contributed by atoms with Crippen molar-refractivity contribution in [3.05, 3.63) is 0 Å². The summed E-state index contributed by atoms with van der Waals surface area (Å²) < 4.78 is 85.8. The van der Waals surface area contributed by atoms with Gasteiger partial charge in [0.2, 0.25) is 0 Å². The summed E-state index contributed by atoms with van der Waals surface area (Å²) in [5.41, 5.74) is 0. The quantitative estimate of drug-likeness (QED) is 0.100. The predicted molar refractivity (Wildman–Crippen MR) is 265 cm³/mol. The third-order valence-electron chi connectivity index (χ3n) is 17.2. The van der Waals surface area contributed by atoms with Gasteiger partial charge in [-0.3, -0.25) is 0 Å². The number of hydrogen-bond donors (Lipinski definition) is 24. The van der Waals surface area contributed by atoms with Crippen molar-refractivity contribution in [2.45, 2.75) is 239 Å². The van der Waals surface area contributed by atoms with Crippen LogP contribution >= 0.6 is 0 Å². The Morgan fingerprint density at radius 2 is 0.307 bits per heavy atom. The Bertz CT molecular complexity index is 2130. The predicted octanol–water partition coefficient (Wildman–Crippen LogP) is -17.5. The number of ether oxygens (including phenoxy) is 15. The molecule has 40 heteroatoms. The Morgan fingerprint density at radius 1 is 0.159 bits per heavy atom. The molecule has 0 aromatic carbocycles. The van der Waals surface area contributed by atoms with Crippen LogP contribution in [0.15, 0.2) is 0 Å². The molecule has 0 amide bonds. The molecule has 0 aromatic heterocycles. The van der Waals surface area contributed by atoms with E-state index in [9.17, 15) is 123 Å². The summed E-state index contributed by atoms with van der Waals surface area (Å²) in [5, 5.41) is 266. The van der Waals surface area contributed by atoms with E-state index in [-0.39, 0.29) is 37.7 Å². The van der Waals surface area contributed by atoms with E-state index in [1.54, 1.807) is 0 Å². The summed E-state index contributed by atoms with van der Waals surface area (Å²) in [4.78, 5) is 0. The van der Waals surface area contributed by atoms with E-state index in [1.165, 1.54) is 0 Å². The Labute approximate surface area is 527 Å². The molecule has 30 rings (SSSR count). The van der Waals surface area contributed by atoms with Crippen molar-refractivity contribution < 1.29 is 194 Å². The first-order valence-electron chi connectivity index (χ1n) is 28.0. The Morgan fingerprint density at radius 3 is 0.500 bits per heavy atom. The second kappa shape index (κ2) is 31.3. The fraction of sp³-hybridized carbons (Fsp3) is 1.00. The van der Waals surface area contributed by atoms with Crippen LogP contribution in [-0.2, 0) is 71.1 Å². The van der Waals surface area contributed by atoms with Crippen LogP contribution in [0.1, 0.15) is 0 Å². The molecule has 0 aromatic rings. The zero-order valence-corrected chi connectivity index (χ0v) is 48.5. The molecule has 24 N–H and O–H groups in total. The first kappa shape index (κ1) is 73.5. The Kier molecular flexibility index (Phi) is 26.1. The average Bonchev–Trinajstić information content (AvgIpc) is 2.45. The van der Waals surface area contributed by atoms with Crippen LogP contribution < -0.4 is 0 Å². The van der Waals surface area contributed by atoms with Gasteiger partial charge in [0.15, 0.2) is 44.0 Å². The van der Waals surface area contributed by atoms with E-state index in [0.717, 1.165) is 0 Å². The molecule has 30 fully saturated rings. The van der Waals surface area contributed by atoms with Gasteiger partial charge >= 0.3 is 0 Å². The van der Waals surface area contributed by atoms with Gasteiger partial charge in [-0.25, -0.2) is 0 Å². The van der Waals surface area contributed by atoms with Crippen LogP contribution in [0.3, 0.4) is 0 Å². The molecule has 0 saturated carbocycles. The molecule has 0 aliphatic carbocycles. The van der Waals surface area contributed by atoms with Gasteiger partial charge in [0, 0.05) is 43.7 Å². The Balaban J connectivity index is 0.0000100. The second-order valence-corrected chi connectivity index (χ2v) is 22.5. The van der Waals surface area contributed by atoms with Gasteiger partial charge in [0.1, 0.15) is 177 Å². The van der Waals surface area contributed by atoms with E-state index in [0.29, 0.717) is 0 Å². The van der Waals surface area contributed by atoms with Crippen molar-refractivity contribution in [3.63, 3.8) is 0 Å². The van der Waals surface area contributed by atoms with Crippen LogP contribution in [0, 0.1) is 5.92 Å². The molecular weight excluding hydrogens is 1240 g/mol. The molecule has 30 aliphatic heterocycles. The van der Waals surface area contributed by atoms with Crippen LogP contribution in [-0.4, -0.2) is 453 Å². The zero-order chi connectivity index (χ0) is 63.4. The van der Waals surface area contributed by atoms with Crippen LogP contribution in [0.4, 0.5) is 0 Å². The maximum absolute atomic E-state index is 11.6. The molecule has 0 spiro atoms. The molecule has 39 nitrogen and oxygen atoms in total. The Hall–Kier alpha value is -0.300. The van der Waals surface area contributed by atoms with E-state index >= 15 is 0 Å². The summed E-state index contributed by atoms with van der Waals surface area (Å²) in [6.07, 6.45) is -79.7. The summed E-state index contributed by atoms with van der Waals surface area (Å²) in [6, 6.07) is 0. The van der Waals surface area contributed by atoms with E-state index < -0.39 is 298 Å². The van der Waals surface area contributed by atoms with Crippen molar-refractivity contribution in [2.24, 2.45) is 5.92 Å². The fourth-order valence-electron chi connectivity index (χ4n) is 12.3. The molecule has 2 radical (unpaired) electrons. The molecular formula is C48H80CaO39. The summed E-state index contributed by atoms with van der Waals surface area (Å²) >= 11 is 0. The van der Waals surface area contributed by atoms with Crippen molar-refractivity contribution in [2.75, 3.05) is 52.9 Å². The largest absolute Gasteiger partial charge is 0.394 e. The van der Waals surface area contributed by atoms with E-state index in [4.69, 9.17) is 71.1 Å². The van der Waals surface area contributed by atoms with Crippen molar-refractivity contribution in [3.8, 4) is 0 Å². The first-order valence-corrected chi connectivity index (χ1v) is 28.0. The van der Waals surface area contributed by atoms with Gasteiger partial charge < -0.3 is 194 Å². The van der Waals surface area contributed by atoms with Crippen molar-refractivity contribution >= 4 is 37.7 Å². The second-order valence-electron chi connectivity index (χ2n) is 22.5. The molecule has 30 heterocycles. The van der Waals surface area contributed by atoms with Gasteiger partial charge in [0.25, 0.3) is 0 Å². The third kappa shape index (κ3) is 14.3. The minimum atomic E-state index is -2.25. The number of aliphatic hydroxyl groups is 24. The van der Waals surface area contributed by atoms with E-state index in [2.05, 4.69) is 0 Å². The normalized spacial score (nSPS) is 55.1. The summed E-state index contributed by atoms with van der Waals surface area (Å²) in [7, 11) is 0. The molecule has 30 saturated heterocycles. The summed E-state index contributed by atoms with van der Waals surface area (Å²) in [6.45, 7) is -8.63. The SMILES string of the molecule is OC[C@H]1OC2C3[C@@H](CO)OC(O[C@H]4[C@H](O)[C@@H](O)[C@@H](O[C@H]5[C@H](O)[C@@H](O)[C@@H](O[C@H]6[C@H](O)[C@@H](O)[C@@H](O[C@H]7[C@H](O)[C@@H](O)[C@@H](O[C@H]8[C@H](O)[C@@H](O)[C@@H](O[C@H]9[C@H](O)[C@@H](O)C(OC1[C@H](O)[C@H]2O)O[C@@H]9CO)O[C@@H]8CO)O[C@@H]7CO)O[C@@H]6CO)O[C@@H]5CO)O[C@@H]4CO)[C@H](O)[C@H]3O.[Ca]. The van der Waals surface area contributed by atoms with Gasteiger partial charge in [-0.15, -0.1) is 0 Å². The number of hydrogen-bond acceptors (Lipinski definition) is 39. The van der Waals surface area contributed by atoms with Crippen LogP contribution in [0.5, 0.6) is 0 Å². The smallest absolute Gasteiger partial charge is 0.187 e. The maximum Gasteiger partial charge on any atom is 0.187 e. The standard InChI is InChI=1S/C48H80O39.Ca/c49-1-9-17-18(57)27(66)42(74-9)82-35-11(3-51)76-44(29(68)21(35)60)84-37-13(5-53)78-46(31(70)23(37)62)86-39-15(7-55)80-48(33(72)25(39)64)87-40-16(8-56)79-47(32(71)26(40)65)85-38-14(6-54)77-45(30(69)24(38)63)83-36-12(4-52)75-43(28(67)22(36)61)81-34-10(2-50)73-41(17)20(59)19(34)58;/h9-72H,1-8H2;/t9-,10-,11-,12-,13-,14-,15-,16-,17?,18+,19-,20-,21-,22-,23-,24-,25-,26-,27-,28-,29-,30-,31-,32-,33-,34?,35-,36-,37-,38-,39-,40-,41?,42?,43?,44-,45-,46-,47-,48-;/m1./s1. The van der Waals surface area contributed by atoms with E-state index in [1.807, 2.05) is 0 Å². The molecule has 16 bridgehead atoms. The fourth-order valence-corrected chi connectivity index (χ4v) is 12.3. The molecule has 5 unspecified atom stereocenters. The van der Waals surface area contributed by atoms with Crippen molar-refractivity contribution in [1.29, 1.82) is 0 Å². The van der Waals surface area contributed by atoms with Gasteiger partial charge in [0.05, 0.1) is 71.2 Å². The molecule has 30 aliphatic rings. The molecule has 508 valence electrons. The first-order chi connectivity index (χ1) is 41.4. The van der Waals surface area contributed by atoms with Gasteiger partial charge in [-0.1, -0.05) is 0 Å². The number of aliphatic hydroxyl groups excluding tert-OH is 24. The average molecular weight is 1320 g/mol. The summed E-state index contributed by atoms with van der Waals surface area (Å²) in [5.74, 6) is -1.75. The number of rotatable bonds is 8. The van der Waals surface area contributed by atoms with Crippen molar-refractivity contribution in [1.82, 2.24) is 0 Å². The van der Waals surface area contributed by atoms with Crippen LogP contribution in [0.25, 0.3) is 0 Å². The topological polar surface area (TPSA) is 624 Å². The maximum atomic E-state index is 11.6. The zero-order valence-electron chi connectivity index (χ0n) is 46.3. The monoisotopic (exact) mass is 1320 g/mol. The van der Waals surface area contributed by atoms with Gasteiger partial charge in [-0.2, -0.15) is 0 Å². The molecule has 88 heavy (non-hydrogen) atoms. The third-order valence-corrected chi connectivity index (χ3v) is 17.2. The van der Waals surface area contributed by atoms with Crippen LogP contribution in [0.2, 0.25) is 0 Å². The minimum Gasteiger partial charge on any atom is -0.394 e.